The lowest BCUT2D eigenvalue weighted by molar-refractivity contribution is -0.0284. The Hall–Kier alpha value is -3.63. The van der Waals surface area contributed by atoms with Gasteiger partial charge in [0, 0.05) is 11.5 Å². The number of hydrogen-bond donors (Lipinski definition) is 2. The van der Waals surface area contributed by atoms with Gasteiger partial charge in [-0.1, -0.05) is 6.07 Å². The van der Waals surface area contributed by atoms with E-state index in [1.54, 1.807) is 28.8 Å². The summed E-state index contributed by atoms with van der Waals surface area (Å²) in [7, 11) is 0. The molecule has 1 fully saturated rings. The fourth-order valence-electron chi connectivity index (χ4n) is 3.97. The number of fused-ring (bicyclic) bond motifs is 1. The van der Waals surface area contributed by atoms with Crippen molar-refractivity contribution in [3.63, 3.8) is 0 Å². The van der Waals surface area contributed by atoms with Crippen molar-refractivity contribution in [3.8, 4) is 22.8 Å². The van der Waals surface area contributed by atoms with Crippen molar-refractivity contribution < 1.29 is 23.4 Å². The van der Waals surface area contributed by atoms with Crippen LogP contribution < -0.4 is 10.5 Å². The van der Waals surface area contributed by atoms with Gasteiger partial charge in [0.1, 0.15) is 29.1 Å². The molecule has 1 aliphatic heterocycles. The smallest absolute Gasteiger partial charge is 0.201 e. The zero-order valence-corrected chi connectivity index (χ0v) is 17.5. The number of benzene rings is 2. The molecule has 2 aromatic carbocycles. The first-order chi connectivity index (χ1) is 16.0. The van der Waals surface area contributed by atoms with Crippen molar-refractivity contribution in [3.05, 3.63) is 66.3 Å². The Morgan fingerprint density at radius 2 is 1.97 bits per heavy atom. The Bertz CT molecular complexity index is 1290. The van der Waals surface area contributed by atoms with Crippen molar-refractivity contribution in [2.24, 2.45) is 0 Å². The van der Waals surface area contributed by atoms with Crippen LogP contribution in [0.25, 0.3) is 16.8 Å². The first-order valence-electron chi connectivity index (χ1n) is 10.5. The third kappa shape index (κ3) is 3.98. The molecule has 0 bridgehead atoms. The third-order valence-corrected chi connectivity index (χ3v) is 5.70. The van der Waals surface area contributed by atoms with Crippen molar-refractivity contribution in [1.82, 2.24) is 19.6 Å². The van der Waals surface area contributed by atoms with E-state index in [2.05, 4.69) is 10.1 Å². The molecular weight excluding hydrogens is 432 g/mol. The summed E-state index contributed by atoms with van der Waals surface area (Å²) < 4.78 is 40.2. The second kappa shape index (κ2) is 8.72. The van der Waals surface area contributed by atoms with E-state index in [4.69, 9.17) is 20.2 Å². The van der Waals surface area contributed by atoms with E-state index in [0.29, 0.717) is 35.8 Å². The zero-order chi connectivity index (χ0) is 22.9. The molecule has 2 aromatic heterocycles. The summed E-state index contributed by atoms with van der Waals surface area (Å²) in [4.78, 5) is 8.93. The highest BCUT2D eigenvalue weighted by atomic mass is 19.2. The average Bonchev–Trinajstić information content (AvgIpc) is 3.24. The second-order valence-electron chi connectivity index (χ2n) is 7.81. The minimum atomic E-state index is -1.05. The molecule has 2 atom stereocenters. The minimum Gasteiger partial charge on any atom is -0.454 e. The lowest BCUT2D eigenvalue weighted by Gasteiger charge is -2.26. The zero-order valence-electron chi connectivity index (χ0n) is 17.5. The SMILES string of the molecule is Nc1ncnn2c([C@@H]3CC[C@@H](CO)OC3)nc(-c3ccc(Oc4cccc(F)c4F)cc3)c12. The maximum absolute atomic E-state index is 13.9. The summed E-state index contributed by atoms with van der Waals surface area (Å²) in [5.74, 6) is -0.913. The molecule has 8 nitrogen and oxygen atoms in total. The number of nitrogen functional groups attached to an aromatic ring is 1. The van der Waals surface area contributed by atoms with Gasteiger partial charge in [0.15, 0.2) is 17.4 Å². The highest BCUT2D eigenvalue weighted by Gasteiger charge is 2.28. The van der Waals surface area contributed by atoms with Crippen LogP contribution in [0.4, 0.5) is 14.6 Å². The van der Waals surface area contributed by atoms with Crippen LogP contribution >= 0.6 is 0 Å². The molecular formula is C23H21F2N5O3. The van der Waals surface area contributed by atoms with E-state index in [0.717, 1.165) is 18.1 Å². The number of ether oxygens (including phenoxy) is 2. The summed E-state index contributed by atoms with van der Waals surface area (Å²) in [5.41, 5.74) is 8.06. The lowest BCUT2D eigenvalue weighted by atomic mass is 9.98. The van der Waals surface area contributed by atoms with Crippen LogP contribution in [0.1, 0.15) is 24.6 Å². The lowest BCUT2D eigenvalue weighted by Crippen LogP contribution is -2.28. The Balaban J connectivity index is 1.48. The van der Waals surface area contributed by atoms with Crippen LogP contribution in [0, 0.1) is 11.6 Å². The molecule has 0 spiro atoms. The minimum absolute atomic E-state index is 0.0106. The Morgan fingerprint density at radius 3 is 2.70 bits per heavy atom. The van der Waals surface area contributed by atoms with Crippen LogP contribution in [0.2, 0.25) is 0 Å². The molecule has 10 heteroatoms. The second-order valence-corrected chi connectivity index (χ2v) is 7.81. The van der Waals surface area contributed by atoms with Gasteiger partial charge in [-0.05, 0) is 49.2 Å². The molecule has 0 radical (unpaired) electrons. The van der Waals surface area contributed by atoms with Gasteiger partial charge in [0.2, 0.25) is 5.82 Å². The molecule has 33 heavy (non-hydrogen) atoms. The standard InChI is InChI=1S/C23H21F2N5O3/c24-17-2-1-3-18(19(17)25)33-15-7-4-13(5-8-15)20-21-22(26)27-12-28-30(21)23(29-20)14-6-9-16(10-31)32-11-14/h1-5,7-8,12,14,16,31H,6,9-11H2,(H2,26,27,28)/t14-,16+/m1/s1. The number of rotatable bonds is 5. The first kappa shape index (κ1) is 21.2. The Morgan fingerprint density at radius 1 is 1.15 bits per heavy atom. The van der Waals surface area contributed by atoms with Gasteiger partial charge in [-0.15, -0.1) is 0 Å². The van der Waals surface area contributed by atoms with Gasteiger partial charge >= 0.3 is 0 Å². The summed E-state index contributed by atoms with van der Waals surface area (Å²) in [6.45, 7) is 0.406. The summed E-state index contributed by atoms with van der Waals surface area (Å²) in [6.07, 6.45) is 2.72. The van der Waals surface area contributed by atoms with E-state index in [9.17, 15) is 13.9 Å². The van der Waals surface area contributed by atoms with Crippen LogP contribution in [0.5, 0.6) is 11.5 Å². The maximum Gasteiger partial charge on any atom is 0.201 e. The summed E-state index contributed by atoms with van der Waals surface area (Å²) in [5, 5.41) is 13.7. The van der Waals surface area contributed by atoms with Gasteiger partial charge in [0.25, 0.3) is 0 Å². The van der Waals surface area contributed by atoms with Crippen molar-refractivity contribution >= 4 is 11.3 Å². The number of nitrogens with two attached hydrogens (primary N) is 1. The van der Waals surface area contributed by atoms with E-state index in [1.807, 2.05) is 0 Å². The fraction of sp³-hybridized carbons (Fsp3) is 0.261. The average molecular weight is 453 g/mol. The molecule has 0 aliphatic carbocycles. The number of aromatic nitrogens is 4. The summed E-state index contributed by atoms with van der Waals surface area (Å²) >= 11 is 0. The number of aliphatic hydroxyl groups excluding tert-OH is 1. The highest BCUT2D eigenvalue weighted by molar-refractivity contribution is 5.85. The van der Waals surface area contributed by atoms with Crippen LogP contribution in [0.15, 0.2) is 48.8 Å². The van der Waals surface area contributed by atoms with Gasteiger partial charge in [-0.25, -0.2) is 18.9 Å². The predicted octanol–water partition coefficient (Wildman–Crippen LogP) is 3.70. The quantitative estimate of drug-likeness (QED) is 0.474. The van der Waals surface area contributed by atoms with Crippen molar-refractivity contribution in [2.75, 3.05) is 18.9 Å². The molecule has 170 valence electrons. The number of aliphatic hydroxyl groups is 1. The highest BCUT2D eigenvalue weighted by Crippen LogP contribution is 2.35. The Labute approximate surface area is 187 Å². The monoisotopic (exact) mass is 453 g/mol. The fourth-order valence-corrected chi connectivity index (χ4v) is 3.97. The maximum atomic E-state index is 13.9. The van der Waals surface area contributed by atoms with Crippen molar-refractivity contribution in [2.45, 2.75) is 24.9 Å². The van der Waals surface area contributed by atoms with Crippen LogP contribution in [-0.4, -0.2) is 44.0 Å². The van der Waals surface area contributed by atoms with Gasteiger partial charge < -0.3 is 20.3 Å². The Kier molecular flexibility index (Phi) is 5.61. The molecule has 0 saturated carbocycles. The number of nitrogens with zero attached hydrogens (tertiary/aromatic N) is 4. The predicted molar refractivity (Wildman–Crippen MR) is 116 cm³/mol. The van der Waals surface area contributed by atoms with Gasteiger partial charge in [-0.3, -0.25) is 0 Å². The number of imidazole rings is 1. The van der Waals surface area contributed by atoms with Crippen LogP contribution in [-0.2, 0) is 4.74 Å². The largest absolute Gasteiger partial charge is 0.454 e. The molecule has 4 aromatic rings. The van der Waals surface area contributed by atoms with Gasteiger partial charge in [-0.2, -0.15) is 9.49 Å². The molecule has 0 amide bonds. The molecule has 3 N–H and O–H groups in total. The number of anilines is 1. The molecule has 5 rings (SSSR count). The number of halogens is 2. The van der Waals surface area contributed by atoms with Crippen molar-refractivity contribution in [1.29, 1.82) is 0 Å². The topological polar surface area (TPSA) is 108 Å². The van der Waals surface area contributed by atoms with E-state index >= 15 is 0 Å². The van der Waals surface area contributed by atoms with Gasteiger partial charge in [0.05, 0.1) is 19.3 Å². The molecule has 3 heterocycles. The third-order valence-electron chi connectivity index (χ3n) is 5.70. The summed E-state index contributed by atoms with van der Waals surface area (Å²) in [6, 6.07) is 10.5. The molecule has 1 aliphatic rings. The van der Waals surface area contributed by atoms with E-state index in [-0.39, 0.29) is 30.2 Å². The molecule has 0 unspecified atom stereocenters. The normalized spacial score (nSPS) is 18.5. The van der Waals surface area contributed by atoms with Crippen LogP contribution in [0.3, 0.4) is 0 Å². The number of hydrogen-bond acceptors (Lipinski definition) is 7. The van der Waals surface area contributed by atoms with E-state index in [1.165, 1.54) is 18.5 Å². The van der Waals surface area contributed by atoms with E-state index < -0.39 is 11.6 Å². The molecule has 1 saturated heterocycles. The first-order valence-corrected chi connectivity index (χ1v) is 10.5.